The molecule has 8 heteroatoms. The Kier molecular flexibility index (Phi) is 5.99. The summed E-state index contributed by atoms with van der Waals surface area (Å²) in [6, 6.07) is 19.7. The van der Waals surface area contributed by atoms with Gasteiger partial charge in [0.1, 0.15) is 0 Å². The maximum atomic E-state index is 14.0. The van der Waals surface area contributed by atoms with E-state index in [1.807, 2.05) is 62.4 Å². The van der Waals surface area contributed by atoms with Crippen LogP contribution in [0.15, 0.2) is 82.6 Å². The van der Waals surface area contributed by atoms with Crippen LogP contribution in [0.25, 0.3) is 27.8 Å². The van der Waals surface area contributed by atoms with Gasteiger partial charge >= 0.3 is 0 Å². The molecule has 2 aromatic carbocycles. The van der Waals surface area contributed by atoms with Crippen molar-refractivity contribution < 1.29 is 8.42 Å². The summed E-state index contributed by atoms with van der Waals surface area (Å²) in [5.74, 6) is 0. The van der Waals surface area contributed by atoms with Crippen LogP contribution in [0.1, 0.15) is 41.8 Å². The second-order valence-electron chi connectivity index (χ2n) is 9.95. The van der Waals surface area contributed by atoms with Crippen molar-refractivity contribution in [1.82, 2.24) is 18.7 Å². The molecule has 0 spiro atoms. The maximum absolute atomic E-state index is 14.0. The van der Waals surface area contributed by atoms with E-state index < -0.39 is 10.0 Å². The molecule has 0 unspecified atom stereocenters. The predicted molar refractivity (Wildman–Crippen MR) is 148 cm³/mol. The summed E-state index contributed by atoms with van der Waals surface area (Å²) in [7, 11) is -3.84. The quantitative estimate of drug-likeness (QED) is 0.295. The lowest BCUT2D eigenvalue weighted by Gasteiger charge is -2.13. The molecule has 3 aromatic heterocycles. The predicted octanol–water partition coefficient (Wildman–Crippen LogP) is 5.37. The first-order valence-corrected chi connectivity index (χ1v) is 14.3. The average Bonchev–Trinajstić information content (AvgIpc) is 3.04. The van der Waals surface area contributed by atoms with Crippen LogP contribution in [0.3, 0.4) is 0 Å². The zero-order valence-corrected chi connectivity index (χ0v) is 22.2. The zero-order chi connectivity index (χ0) is 26.4. The molecule has 6 rings (SSSR count). The number of aromatic nitrogens is 4. The minimum atomic E-state index is -3.84. The summed E-state index contributed by atoms with van der Waals surface area (Å²) in [5.41, 5.74) is 6.04. The lowest BCUT2D eigenvalue weighted by molar-refractivity contribution is 0.586. The van der Waals surface area contributed by atoms with Crippen LogP contribution in [0.5, 0.6) is 0 Å². The third-order valence-corrected chi connectivity index (χ3v) is 9.08. The molecule has 3 heterocycles. The Hall–Kier alpha value is -4.04. The zero-order valence-electron chi connectivity index (χ0n) is 21.4. The highest BCUT2D eigenvalue weighted by atomic mass is 32.2. The number of rotatable bonds is 4. The fourth-order valence-electron chi connectivity index (χ4n) is 5.31. The van der Waals surface area contributed by atoms with Gasteiger partial charge in [0, 0.05) is 28.9 Å². The molecule has 0 radical (unpaired) electrons. The highest BCUT2D eigenvalue weighted by Crippen LogP contribution is 2.35. The van der Waals surface area contributed by atoms with Gasteiger partial charge in [-0.05, 0) is 87.6 Å². The molecule has 5 aromatic rings. The molecule has 0 N–H and O–H groups in total. The number of benzene rings is 2. The molecular weight excluding hydrogens is 496 g/mol. The number of hydrogen-bond acceptors (Lipinski definition) is 5. The molecule has 0 saturated heterocycles. The molecule has 0 saturated carbocycles. The largest absolute Gasteiger partial charge is 0.284 e. The summed E-state index contributed by atoms with van der Waals surface area (Å²) >= 11 is 0. The Labute approximate surface area is 221 Å². The molecule has 1 aliphatic rings. The Balaban J connectivity index is 1.53. The van der Waals surface area contributed by atoms with Crippen LogP contribution in [0.4, 0.5) is 0 Å². The first kappa shape index (κ1) is 24.3. The van der Waals surface area contributed by atoms with Crippen molar-refractivity contribution in [2.45, 2.75) is 50.8 Å². The minimum absolute atomic E-state index is 0.231. The van der Waals surface area contributed by atoms with Gasteiger partial charge in [-0.1, -0.05) is 30.2 Å². The van der Waals surface area contributed by atoms with E-state index >= 15 is 0 Å². The summed E-state index contributed by atoms with van der Waals surface area (Å²) in [4.78, 5) is 13.4. The monoisotopic (exact) mass is 524 g/mol. The van der Waals surface area contributed by atoms with E-state index in [-0.39, 0.29) is 10.5 Å². The van der Waals surface area contributed by atoms with Crippen molar-refractivity contribution in [3.8, 4) is 16.9 Å². The van der Waals surface area contributed by atoms with Crippen LogP contribution < -0.4 is 5.56 Å². The van der Waals surface area contributed by atoms with E-state index in [1.54, 1.807) is 18.3 Å². The van der Waals surface area contributed by atoms with Crippen molar-refractivity contribution in [1.29, 1.82) is 0 Å². The lowest BCUT2D eigenvalue weighted by Crippen LogP contribution is -2.18. The minimum Gasteiger partial charge on any atom is -0.284 e. The fraction of sp³-hybridized carbons (Fsp3) is 0.233. The topological polar surface area (TPSA) is 86.8 Å². The number of pyridine rings is 1. The van der Waals surface area contributed by atoms with Gasteiger partial charge in [0.25, 0.3) is 15.6 Å². The highest BCUT2D eigenvalue weighted by molar-refractivity contribution is 7.90. The van der Waals surface area contributed by atoms with Gasteiger partial charge in [0.05, 0.1) is 27.5 Å². The number of hydrogen-bond donors (Lipinski definition) is 0. The maximum Gasteiger partial charge on any atom is 0.268 e. The van der Waals surface area contributed by atoms with Crippen molar-refractivity contribution in [3.63, 3.8) is 0 Å². The smallest absolute Gasteiger partial charge is 0.268 e. The summed E-state index contributed by atoms with van der Waals surface area (Å²) in [5, 5.41) is 9.20. The third-order valence-electron chi connectivity index (χ3n) is 7.31. The van der Waals surface area contributed by atoms with E-state index in [9.17, 15) is 13.2 Å². The second kappa shape index (κ2) is 9.36. The number of aryl methyl sites for hydroxylation is 3. The van der Waals surface area contributed by atoms with Crippen molar-refractivity contribution >= 4 is 20.9 Å². The van der Waals surface area contributed by atoms with Gasteiger partial charge in [-0.25, -0.2) is 12.4 Å². The molecule has 0 atom stereocenters. The molecule has 38 heavy (non-hydrogen) atoms. The summed E-state index contributed by atoms with van der Waals surface area (Å²) < 4.78 is 31.1. The number of nitrogens with zero attached hydrogens (tertiary/aromatic N) is 4. The molecule has 0 bridgehead atoms. The third kappa shape index (κ3) is 4.15. The van der Waals surface area contributed by atoms with Gasteiger partial charge in [0.15, 0.2) is 0 Å². The van der Waals surface area contributed by atoms with Crippen LogP contribution in [-0.4, -0.2) is 27.2 Å². The van der Waals surface area contributed by atoms with Crippen LogP contribution in [-0.2, 0) is 22.9 Å². The average molecular weight is 525 g/mol. The van der Waals surface area contributed by atoms with Crippen LogP contribution in [0.2, 0.25) is 0 Å². The summed E-state index contributed by atoms with van der Waals surface area (Å²) in [6.07, 6.45) is 6.30. The van der Waals surface area contributed by atoms with E-state index in [4.69, 9.17) is 0 Å². The van der Waals surface area contributed by atoms with Crippen LogP contribution in [0, 0.1) is 13.8 Å². The molecule has 1 aliphatic carbocycles. The van der Waals surface area contributed by atoms with Crippen LogP contribution >= 0.6 is 0 Å². The van der Waals surface area contributed by atoms with Crippen molar-refractivity contribution in [3.05, 3.63) is 106 Å². The number of fused-ring (bicyclic) bond motifs is 3. The Bertz CT molecular complexity index is 1830. The summed E-state index contributed by atoms with van der Waals surface area (Å²) in [6.45, 7) is 3.80. The first-order valence-electron chi connectivity index (χ1n) is 12.9. The lowest BCUT2D eigenvalue weighted by atomic mass is 10.1. The molecule has 192 valence electrons. The molecule has 0 fully saturated rings. The SMILES string of the molecule is Cc1ccc(S(=O)(=O)n2c3c(c4ccc(-n5ccc(-c6ccc(C)nn6)cc5=O)cc42)CCCCC3)cc1. The Morgan fingerprint density at radius 2 is 1.61 bits per heavy atom. The standard InChI is InChI=1S/C30H28N4O3S/c1-20-8-12-24(13-9-20)38(36,37)34-28-7-5-3-4-6-25(28)26-14-11-23(19-29(26)34)33-17-16-22(18-30(33)35)27-15-10-21(2)31-32-27/h8-19H,3-7H2,1-2H3. The Morgan fingerprint density at radius 3 is 2.34 bits per heavy atom. The van der Waals surface area contributed by atoms with Gasteiger partial charge in [-0.2, -0.15) is 10.2 Å². The van der Waals surface area contributed by atoms with Gasteiger partial charge < -0.3 is 0 Å². The van der Waals surface area contributed by atoms with Gasteiger partial charge in [-0.3, -0.25) is 9.36 Å². The van der Waals surface area contributed by atoms with E-state index in [0.29, 0.717) is 28.9 Å². The highest BCUT2D eigenvalue weighted by Gasteiger charge is 2.28. The Morgan fingerprint density at radius 1 is 0.816 bits per heavy atom. The normalized spacial score (nSPS) is 13.8. The molecule has 7 nitrogen and oxygen atoms in total. The van der Waals surface area contributed by atoms with Gasteiger partial charge in [-0.15, -0.1) is 0 Å². The molecule has 0 amide bonds. The molecular formula is C30H28N4O3S. The second-order valence-corrected chi connectivity index (χ2v) is 11.7. The van der Waals surface area contributed by atoms with Crippen molar-refractivity contribution in [2.75, 3.05) is 0 Å². The van der Waals surface area contributed by atoms with E-state index in [1.165, 1.54) is 14.6 Å². The van der Waals surface area contributed by atoms with Gasteiger partial charge in [0.2, 0.25) is 0 Å². The first-order chi connectivity index (χ1) is 18.3. The fourth-order valence-corrected chi connectivity index (χ4v) is 6.91. The van der Waals surface area contributed by atoms with Crippen molar-refractivity contribution in [2.24, 2.45) is 0 Å². The van der Waals surface area contributed by atoms with E-state index in [2.05, 4.69) is 10.2 Å². The van der Waals surface area contributed by atoms with E-state index in [0.717, 1.165) is 53.6 Å². The molecule has 0 aliphatic heterocycles.